The number of fused-ring (bicyclic) bond motifs is 1. The molecule has 1 aromatic carbocycles. The molecule has 3 rings (SSSR count). The van der Waals surface area contributed by atoms with Crippen LogP contribution in [0.3, 0.4) is 0 Å². The molecule has 0 fully saturated rings. The second-order valence-corrected chi connectivity index (χ2v) is 9.27. The fraction of sp³-hybridized carbons (Fsp3) is 0.500. The van der Waals surface area contributed by atoms with Crippen molar-refractivity contribution < 1.29 is 0 Å². The molecule has 1 aliphatic carbocycles. The van der Waals surface area contributed by atoms with Gasteiger partial charge < -0.3 is 4.31 Å². The standard InChI is InChI=1S/C20H27NS2/c1-14(2)19(23-15-8-11-20(3,4)12-9-15)17-6-5-7-18-16(17)10-13-21(18)22/h5-8,22H,9-13H2,1-4H3. The molecule has 1 aliphatic heterocycles. The zero-order valence-corrected chi connectivity index (χ0v) is 16.4. The van der Waals surface area contributed by atoms with Gasteiger partial charge in [0.15, 0.2) is 0 Å². The lowest BCUT2D eigenvalue weighted by Gasteiger charge is -2.29. The maximum atomic E-state index is 4.59. The molecule has 0 aromatic heterocycles. The van der Waals surface area contributed by atoms with E-state index in [2.05, 4.69) is 69.1 Å². The van der Waals surface area contributed by atoms with Crippen molar-refractivity contribution in [2.24, 2.45) is 5.41 Å². The molecule has 23 heavy (non-hydrogen) atoms. The Kier molecular flexibility index (Phi) is 4.89. The molecular weight excluding hydrogens is 318 g/mol. The number of allylic oxidation sites excluding steroid dienone is 3. The van der Waals surface area contributed by atoms with Crippen LogP contribution >= 0.6 is 24.6 Å². The molecule has 124 valence electrons. The van der Waals surface area contributed by atoms with E-state index in [9.17, 15) is 0 Å². The fourth-order valence-corrected chi connectivity index (χ4v) is 4.76. The third-order valence-corrected chi connectivity index (χ3v) is 6.75. The topological polar surface area (TPSA) is 3.24 Å². The van der Waals surface area contributed by atoms with E-state index in [4.69, 9.17) is 0 Å². The van der Waals surface area contributed by atoms with Crippen molar-refractivity contribution in [1.82, 2.24) is 0 Å². The van der Waals surface area contributed by atoms with Crippen LogP contribution < -0.4 is 4.31 Å². The van der Waals surface area contributed by atoms with Gasteiger partial charge in [0, 0.05) is 11.4 Å². The largest absolute Gasteiger partial charge is 0.318 e. The number of rotatable bonds is 3. The second kappa shape index (κ2) is 6.60. The van der Waals surface area contributed by atoms with Crippen molar-refractivity contribution in [2.75, 3.05) is 10.8 Å². The van der Waals surface area contributed by atoms with E-state index < -0.39 is 0 Å². The van der Waals surface area contributed by atoms with Crippen LogP contribution in [0.4, 0.5) is 5.69 Å². The first kappa shape index (κ1) is 17.0. The van der Waals surface area contributed by atoms with Crippen LogP contribution in [0, 0.1) is 5.41 Å². The third-order valence-electron chi connectivity index (χ3n) is 4.87. The van der Waals surface area contributed by atoms with Crippen molar-refractivity contribution >= 4 is 35.2 Å². The summed E-state index contributed by atoms with van der Waals surface area (Å²) in [6, 6.07) is 6.65. The van der Waals surface area contributed by atoms with Gasteiger partial charge in [0.2, 0.25) is 0 Å². The lowest BCUT2D eigenvalue weighted by atomic mass is 9.81. The summed E-state index contributed by atoms with van der Waals surface area (Å²) in [4.78, 5) is 2.98. The highest BCUT2D eigenvalue weighted by Crippen LogP contribution is 2.46. The number of benzene rings is 1. The highest BCUT2D eigenvalue weighted by molar-refractivity contribution is 8.11. The number of nitrogens with zero attached hydrogens (tertiary/aromatic N) is 1. The Balaban J connectivity index is 1.91. The average Bonchev–Trinajstić information content (AvgIpc) is 2.88. The van der Waals surface area contributed by atoms with Crippen LogP contribution in [0.25, 0.3) is 4.91 Å². The molecule has 1 nitrogen and oxygen atoms in total. The average molecular weight is 346 g/mol. The van der Waals surface area contributed by atoms with Crippen LogP contribution in [-0.4, -0.2) is 6.54 Å². The zero-order chi connectivity index (χ0) is 16.6. The normalized spacial score (nSPS) is 19.3. The Bertz CT molecular complexity index is 666. The van der Waals surface area contributed by atoms with Crippen molar-refractivity contribution in [3.63, 3.8) is 0 Å². The van der Waals surface area contributed by atoms with Crippen LogP contribution in [0.5, 0.6) is 0 Å². The molecule has 0 spiro atoms. The molecular formula is C20H27NS2. The Labute approximate surface area is 150 Å². The quantitative estimate of drug-likeness (QED) is 0.625. The number of hydrogen-bond acceptors (Lipinski definition) is 3. The van der Waals surface area contributed by atoms with E-state index in [-0.39, 0.29) is 0 Å². The number of anilines is 1. The van der Waals surface area contributed by atoms with Gasteiger partial charge in [-0.2, -0.15) is 0 Å². The maximum Gasteiger partial charge on any atom is 0.0506 e. The number of thiol groups is 1. The molecule has 0 radical (unpaired) electrons. The van der Waals surface area contributed by atoms with Gasteiger partial charge in [0.1, 0.15) is 0 Å². The Morgan fingerprint density at radius 1 is 1.22 bits per heavy atom. The van der Waals surface area contributed by atoms with Gasteiger partial charge in [0.25, 0.3) is 0 Å². The molecule has 0 atom stereocenters. The minimum atomic E-state index is 0.468. The van der Waals surface area contributed by atoms with Gasteiger partial charge in [-0.25, -0.2) is 0 Å². The Hall–Kier alpha value is -0.800. The Morgan fingerprint density at radius 3 is 2.65 bits per heavy atom. The minimum absolute atomic E-state index is 0.468. The van der Waals surface area contributed by atoms with Crippen molar-refractivity contribution in [3.05, 3.63) is 45.9 Å². The predicted octanol–water partition coefficient (Wildman–Crippen LogP) is 6.47. The van der Waals surface area contributed by atoms with Gasteiger partial charge in [-0.15, -0.1) is 0 Å². The lowest BCUT2D eigenvalue weighted by molar-refractivity contribution is 0.329. The molecule has 2 aliphatic rings. The summed E-state index contributed by atoms with van der Waals surface area (Å²) in [5.74, 6) is 0. The summed E-state index contributed by atoms with van der Waals surface area (Å²) in [5, 5.41) is 0. The van der Waals surface area contributed by atoms with Crippen molar-refractivity contribution in [1.29, 1.82) is 0 Å². The summed E-state index contributed by atoms with van der Waals surface area (Å²) in [6.45, 7) is 10.2. The van der Waals surface area contributed by atoms with Crippen LogP contribution in [0.2, 0.25) is 0 Å². The van der Waals surface area contributed by atoms with Gasteiger partial charge in [-0.3, -0.25) is 0 Å². The molecule has 0 saturated heterocycles. The first-order valence-electron chi connectivity index (χ1n) is 8.50. The highest BCUT2D eigenvalue weighted by Gasteiger charge is 2.25. The van der Waals surface area contributed by atoms with E-state index in [1.807, 2.05) is 11.8 Å². The van der Waals surface area contributed by atoms with Gasteiger partial charge in [0.05, 0.1) is 5.69 Å². The molecule has 3 heteroatoms. The second-order valence-electron chi connectivity index (χ2n) is 7.65. The molecule has 0 bridgehead atoms. The summed E-state index contributed by atoms with van der Waals surface area (Å²) in [6.07, 6.45) is 7.26. The summed E-state index contributed by atoms with van der Waals surface area (Å²) < 4.78 is 2.08. The monoisotopic (exact) mass is 345 g/mol. The van der Waals surface area contributed by atoms with Gasteiger partial charge >= 0.3 is 0 Å². The molecule has 0 unspecified atom stereocenters. The van der Waals surface area contributed by atoms with E-state index in [0.29, 0.717) is 5.41 Å². The molecule has 0 saturated carbocycles. The van der Waals surface area contributed by atoms with Crippen LogP contribution in [0.15, 0.2) is 34.8 Å². The molecule has 0 N–H and O–H groups in total. The lowest BCUT2D eigenvalue weighted by Crippen LogP contribution is -2.13. The first-order chi connectivity index (χ1) is 10.9. The molecule has 0 amide bonds. The van der Waals surface area contributed by atoms with Gasteiger partial charge in [-0.05, 0) is 67.0 Å². The molecule has 1 aromatic rings. The minimum Gasteiger partial charge on any atom is -0.318 e. The molecule has 1 heterocycles. The number of hydrogen-bond donors (Lipinski definition) is 1. The smallest absolute Gasteiger partial charge is 0.0506 e. The third kappa shape index (κ3) is 3.66. The van der Waals surface area contributed by atoms with Crippen LogP contribution in [0.1, 0.15) is 58.1 Å². The van der Waals surface area contributed by atoms with Crippen molar-refractivity contribution in [3.8, 4) is 0 Å². The van der Waals surface area contributed by atoms with Crippen molar-refractivity contribution in [2.45, 2.75) is 53.4 Å². The fourth-order valence-electron chi connectivity index (χ4n) is 3.34. The van der Waals surface area contributed by atoms with Crippen LogP contribution in [-0.2, 0) is 6.42 Å². The van der Waals surface area contributed by atoms with E-state index in [1.54, 1.807) is 4.91 Å². The van der Waals surface area contributed by atoms with E-state index >= 15 is 0 Å². The van der Waals surface area contributed by atoms with E-state index in [0.717, 1.165) is 13.0 Å². The van der Waals surface area contributed by atoms with Gasteiger partial charge in [-0.1, -0.05) is 62.2 Å². The maximum absolute atomic E-state index is 4.59. The predicted molar refractivity (Wildman–Crippen MR) is 108 cm³/mol. The highest BCUT2D eigenvalue weighted by atomic mass is 32.2. The number of thioether (sulfide) groups is 1. The van der Waals surface area contributed by atoms with E-state index in [1.165, 1.54) is 46.6 Å². The SMILES string of the molecule is CC(C)=C(SC1=CCC(C)(C)CC1)c1cccc2c1CCN2S. The summed E-state index contributed by atoms with van der Waals surface area (Å²) in [5.41, 5.74) is 6.03. The first-order valence-corrected chi connectivity index (χ1v) is 9.72. The summed E-state index contributed by atoms with van der Waals surface area (Å²) in [7, 11) is 0. The Morgan fingerprint density at radius 2 is 2.00 bits per heavy atom. The summed E-state index contributed by atoms with van der Waals surface area (Å²) >= 11 is 6.58. The zero-order valence-electron chi connectivity index (χ0n) is 14.6.